The summed E-state index contributed by atoms with van der Waals surface area (Å²) in [6, 6.07) is 16.5. The number of hydrogen-bond donors (Lipinski definition) is 1. The van der Waals surface area contributed by atoms with Gasteiger partial charge in [0.1, 0.15) is 11.9 Å². The van der Waals surface area contributed by atoms with E-state index in [0.717, 1.165) is 50.1 Å². The SMILES string of the molecule is CN(C[C@H](O)c1ccccc1)C(=O)c1ccc(OC2CCN(C(=O)C3CC3)CC2)cc1. The van der Waals surface area contributed by atoms with E-state index in [0.29, 0.717) is 11.5 Å². The van der Waals surface area contributed by atoms with Gasteiger partial charge in [0.15, 0.2) is 0 Å². The fourth-order valence-corrected chi connectivity index (χ4v) is 3.99. The number of aliphatic hydroxyl groups is 1. The van der Waals surface area contributed by atoms with Crippen LogP contribution in [0, 0.1) is 5.92 Å². The quantitative estimate of drug-likeness (QED) is 0.744. The van der Waals surface area contributed by atoms with E-state index >= 15 is 0 Å². The third-order valence-corrected chi connectivity index (χ3v) is 6.06. The van der Waals surface area contributed by atoms with Crippen LogP contribution in [-0.4, -0.2) is 59.5 Å². The Kier molecular flexibility index (Phi) is 6.56. The second-order valence-electron chi connectivity index (χ2n) is 8.55. The maximum Gasteiger partial charge on any atom is 0.253 e. The summed E-state index contributed by atoms with van der Waals surface area (Å²) in [7, 11) is 1.69. The number of ether oxygens (including phenoxy) is 1. The van der Waals surface area contributed by atoms with Crippen molar-refractivity contribution in [1.29, 1.82) is 0 Å². The van der Waals surface area contributed by atoms with Gasteiger partial charge < -0.3 is 19.6 Å². The smallest absolute Gasteiger partial charge is 0.253 e. The van der Waals surface area contributed by atoms with Crippen LogP contribution in [0.5, 0.6) is 5.75 Å². The second kappa shape index (κ2) is 9.52. The van der Waals surface area contributed by atoms with Crippen molar-refractivity contribution in [3.63, 3.8) is 0 Å². The number of carbonyl (C=O) groups excluding carboxylic acids is 2. The standard InChI is InChI=1S/C25H30N2O4/c1-26(17-23(28)18-5-3-2-4-6-18)24(29)19-9-11-21(12-10-19)31-22-13-15-27(16-14-22)25(30)20-7-8-20/h2-6,9-12,20,22-23,28H,7-8,13-17H2,1H3/t23-/m0/s1. The highest BCUT2D eigenvalue weighted by molar-refractivity contribution is 5.94. The number of amides is 2. The Morgan fingerprint density at radius 3 is 2.29 bits per heavy atom. The van der Waals surface area contributed by atoms with Crippen LogP contribution in [0.2, 0.25) is 0 Å². The van der Waals surface area contributed by atoms with Crippen molar-refractivity contribution in [3.8, 4) is 5.75 Å². The first-order chi connectivity index (χ1) is 15.0. The number of nitrogens with zero attached hydrogens (tertiary/aromatic N) is 2. The van der Waals surface area contributed by atoms with E-state index in [1.807, 2.05) is 47.4 Å². The summed E-state index contributed by atoms with van der Waals surface area (Å²) in [6.45, 7) is 1.73. The molecular weight excluding hydrogens is 392 g/mol. The molecule has 0 unspecified atom stereocenters. The number of likely N-dealkylation sites (tertiary alicyclic amines) is 1. The van der Waals surface area contributed by atoms with Crippen molar-refractivity contribution in [2.24, 2.45) is 5.92 Å². The summed E-state index contributed by atoms with van der Waals surface area (Å²) in [6.07, 6.45) is 3.11. The number of likely N-dealkylation sites (N-methyl/N-ethyl adjacent to an activating group) is 1. The second-order valence-corrected chi connectivity index (χ2v) is 8.55. The van der Waals surface area contributed by atoms with E-state index in [1.165, 1.54) is 4.90 Å². The van der Waals surface area contributed by atoms with Gasteiger partial charge in [0.05, 0.1) is 12.6 Å². The zero-order valence-electron chi connectivity index (χ0n) is 17.9. The number of aliphatic hydroxyl groups excluding tert-OH is 1. The Morgan fingerprint density at radius 2 is 1.68 bits per heavy atom. The van der Waals surface area contributed by atoms with E-state index in [9.17, 15) is 14.7 Å². The third-order valence-electron chi connectivity index (χ3n) is 6.06. The lowest BCUT2D eigenvalue weighted by Crippen LogP contribution is -2.42. The minimum atomic E-state index is -0.726. The van der Waals surface area contributed by atoms with Crippen LogP contribution in [-0.2, 0) is 4.79 Å². The molecule has 1 N–H and O–H groups in total. The number of carbonyl (C=O) groups is 2. The molecule has 31 heavy (non-hydrogen) atoms. The predicted octanol–water partition coefficient (Wildman–Crippen LogP) is 3.27. The minimum Gasteiger partial charge on any atom is -0.490 e. The first kappa shape index (κ1) is 21.4. The predicted molar refractivity (Wildman–Crippen MR) is 118 cm³/mol. The summed E-state index contributed by atoms with van der Waals surface area (Å²) in [5, 5.41) is 10.4. The van der Waals surface area contributed by atoms with Gasteiger partial charge >= 0.3 is 0 Å². The summed E-state index contributed by atoms with van der Waals surface area (Å²) < 4.78 is 6.07. The summed E-state index contributed by atoms with van der Waals surface area (Å²) in [4.78, 5) is 28.4. The molecule has 1 heterocycles. The molecule has 0 bridgehead atoms. The highest BCUT2D eigenvalue weighted by Gasteiger charge is 2.35. The lowest BCUT2D eigenvalue weighted by Gasteiger charge is -2.32. The number of benzene rings is 2. The van der Waals surface area contributed by atoms with Gasteiger partial charge in [-0.1, -0.05) is 30.3 Å². The minimum absolute atomic E-state index is 0.0912. The molecule has 6 heteroatoms. The molecule has 1 atom stereocenters. The van der Waals surface area contributed by atoms with Crippen LogP contribution in [0.1, 0.15) is 47.7 Å². The highest BCUT2D eigenvalue weighted by Crippen LogP contribution is 2.32. The fraction of sp³-hybridized carbons (Fsp3) is 0.440. The fourth-order valence-electron chi connectivity index (χ4n) is 3.99. The van der Waals surface area contributed by atoms with Crippen molar-refractivity contribution in [3.05, 3.63) is 65.7 Å². The Morgan fingerprint density at radius 1 is 1.03 bits per heavy atom. The van der Waals surface area contributed by atoms with E-state index < -0.39 is 6.10 Å². The molecule has 164 valence electrons. The first-order valence-corrected chi connectivity index (χ1v) is 11.1. The maximum absolute atomic E-state index is 12.7. The monoisotopic (exact) mass is 422 g/mol. The van der Waals surface area contributed by atoms with Gasteiger partial charge in [-0.2, -0.15) is 0 Å². The third kappa shape index (κ3) is 5.44. The van der Waals surface area contributed by atoms with Crippen molar-refractivity contribution >= 4 is 11.8 Å². The van der Waals surface area contributed by atoms with Crippen molar-refractivity contribution in [2.75, 3.05) is 26.7 Å². The average molecular weight is 423 g/mol. The molecule has 2 fully saturated rings. The van der Waals surface area contributed by atoms with Gasteiger partial charge in [-0.3, -0.25) is 9.59 Å². The summed E-state index contributed by atoms with van der Waals surface area (Å²) in [5.41, 5.74) is 1.34. The van der Waals surface area contributed by atoms with Crippen molar-refractivity contribution in [2.45, 2.75) is 37.9 Å². The molecule has 2 aromatic rings. The molecule has 0 spiro atoms. The van der Waals surface area contributed by atoms with E-state index in [1.54, 1.807) is 19.2 Å². The first-order valence-electron chi connectivity index (χ1n) is 11.1. The topological polar surface area (TPSA) is 70.1 Å². The molecule has 2 amide bonds. The molecule has 2 aromatic carbocycles. The molecule has 4 rings (SSSR count). The maximum atomic E-state index is 12.7. The molecular formula is C25H30N2O4. The van der Waals surface area contributed by atoms with Crippen LogP contribution in [0.15, 0.2) is 54.6 Å². The Labute approximate surface area is 183 Å². The van der Waals surface area contributed by atoms with Gasteiger partial charge in [0.25, 0.3) is 5.91 Å². The number of hydrogen-bond acceptors (Lipinski definition) is 4. The zero-order valence-corrected chi connectivity index (χ0v) is 17.9. The van der Waals surface area contributed by atoms with E-state index in [4.69, 9.17) is 4.74 Å². The summed E-state index contributed by atoms with van der Waals surface area (Å²) >= 11 is 0. The molecule has 1 aliphatic heterocycles. The van der Waals surface area contributed by atoms with Crippen LogP contribution in [0.4, 0.5) is 0 Å². The van der Waals surface area contributed by atoms with E-state index in [2.05, 4.69) is 0 Å². The van der Waals surface area contributed by atoms with Crippen LogP contribution >= 0.6 is 0 Å². The van der Waals surface area contributed by atoms with Gasteiger partial charge in [0.2, 0.25) is 5.91 Å². The Bertz CT molecular complexity index is 887. The van der Waals surface area contributed by atoms with Gasteiger partial charge in [0, 0.05) is 44.5 Å². The van der Waals surface area contributed by atoms with E-state index in [-0.39, 0.29) is 24.5 Å². The molecule has 1 saturated heterocycles. The average Bonchev–Trinajstić information content (AvgIpc) is 3.65. The molecule has 1 saturated carbocycles. The molecule has 6 nitrogen and oxygen atoms in total. The zero-order chi connectivity index (χ0) is 21.8. The number of piperidine rings is 1. The van der Waals surface area contributed by atoms with Crippen LogP contribution in [0.25, 0.3) is 0 Å². The molecule has 2 aliphatic rings. The summed E-state index contributed by atoms with van der Waals surface area (Å²) in [5.74, 6) is 1.17. The van der Waals surface area contributed by atoms with Gasteiger partial charge in [-0.15, -0.1) is 0 Å². The highest BCUT2D eigenvalue weighted by atomic mass is 16.5. The van der Waals surface area contributed by atoms with Crippen molar-refractivity contribution in [1.82, 2.24) is 9.80 Å². The van der Waals surface area contributed by atoms with Gasteiger partial charge in [-0.25, -0.2) is 0 Å². The lowest BCUT2D eigenvalue weighted by molar-refractivity contribution is -0.134. The normalized spacial score (nSPS) is 17.8. The van der Waals surface area contributed by atoms with Gasteiger partial charge in [-0.05, 0) is 42.7 Å². The molecule has 1 aliphatic carbocycles. The largest absolute Gasteiger partial charge is 0.490 e. The Hall–Kier alpha value is -2.86. The van der Waals surface area contributed by atoms with Crippen LogP contribution < -0.4 is 4.74 Å². The lowest BCUT2D eigenvalue weighted by atomic mass is 10.1. The molecule has 0 radical (unpaired) electrons. The molecule has 0 aromatic heterocycles. The Balaban J connectivity index is 1.26. The van der Waals surface area contributed by atoms with Crippen molar-refractivity contribution < 1.29 is 19.4 Å². The number of rotatable bonds is 7. The van der Waals surface area contributed by atoms with Crippen LogP contribution in [0.3, 0.4) is 0 Å².